The molecule has 6 heteroatoms. The molecule has 2 N–H and O–H groups in total. The van der Waals surface area contributed by atoms with E-state index >= 15 is 0 Å². The largest absolute Gasteiger partial charge is 0.350 e. The van der Waals surface area contributed by atoms with E-state index in [1.54, 1.807) is 18.7 Å². The van der Waals surface area contributed by atoms with Crippen LogP contribution in [0.15, 0.2) is 36.5 Å². The van der Waals surface area contributed by atoms with Crippen LogP contribution < -0.4 is 10.6 Å². The van der Waals surface area contributed by atoms with Gasteiger partial charge in [0, 0.05) is 19.3 Å². The highest BCUT2D eigenvalue weighted by atomic mass is 16.2. The van der Waals surface area contributed by atoms with Crippen LogP contribution in [0.2, 0.25) is 0 Å². The van der Waals surface area contributed by atoms with Gasteiger partial charge in [0.2, 0.25) is 5.91 Å². The van der Waals surface area contributed by atoms with Crippen molar-refractivity contribution < 1.29 is 9.59 Å². The maximum absolute atomic E-state index is 11.9. The Balaban J connectivity index is 1.79. The Morgan fingerprint density at radius 1 is 1.19 bits per heavy atom. The predicted octanol–water partition coefficient (Wildman–Crippen LogP) is 0.775. The molecule has 0 fully saturated rings. The van der Waals surface area contributed by atoms with Crippen molar-refractivity contribution in [2.24, 2.45) is 7.05 Å². The quantitative estimate of drug-likeness (QED) is 0.852. The third-order valence-electron chi connectivity index (χ3n) is 3.22. The van der Waals surface area contributed by atoms with E-state index in [4.69, 9.17) is 0 Å². The molecule has 1 aromatic carbocycles. The van der Waals surface area contributed by atoms with E-state index in [9.17, 15) is 9.59 Å². The van der Waals surface area contributed by atoms with Gasteiger partial charge in [-0.15, -0.1) is 0 Å². The van der Waals surface area contributed by atoms with Gasteiger partial charge in [0.1, 0.15) is 0 Å². The first kappa shape index (κ1) is 14.8. The van der Waals surface area contributed by atoms with Crippen LogP contribution in [0.4, 0.5) is 0 Å². The molecule has 0 aliphatic carbocycles. The molecule has 0 spiro atoms. The monoisotopic (exact) mass is 286 g/mol. The number of nitrogens with zero attached hydrogens (tertiary/aromatic N) is 2. The van der Waals surface area contributed by atoms with E-state index in [1.165, 1.54) is 6.20 Å². The Hall–Kier alpha value is -2.63. The first-order valence-electron chi connectivity index (χ1n) is 6.65. The summed E-state index contributed by atoms with van der Waals surface area (Å²) in [5.41, 5.74) is 2.26. The van der Waals surface area contributed by atoms with Gasteiger partial charge in [0.15, 0.2) is 0 Å². The van der Waals surface area contributed by atoms with Gasteiger partial charge in [0.25, 0.3) is 5.91 Å². The van der Waals surface area contributed by atoms with Gasteiger partial charge >= 0.3 is 0 Å². The fourth-order valence-corrected chi connectivity index (χ4v) is 1.84. The lowest BCUT2D eigenvalue weighted by Gasteiger charge is -2.07. The molecule has 0 saturated heterocycles. The van der Waals surface area contributed by atoms with Crippen LogP contribution in [-0.4, -0.2) is 28.1 Å². The SMILES string of the molecule is Cc1c(C(=O)NCC(=O)NCc2ccccc2)cnn1C. The van der Waals surface area contributed by atoms with Crippen LogP contribution in [0.25, 0.3) is 0 Å². The number of rotatable bonds is 5. The number of hydrogen-bond acceptors (Lipinski definition) is 3. The second-order valence-corrected chi connectivity index (χ2v) is 4.71. The van der Waals surface area contributed by atoms with Crippen molar-refractivity contribution in [3.63, 3.8) is 0 Å². The van der Waals surface area contributed by atoms with Crippen molar-refractivity contribution >= 4 is 11.8 Å². The van der Waals surface area contributed by atoms with Crippen molar-refractivity contribution in [1.29, 1.82) is 0 Å². The molecule has 0 aliphatic rings. The predicted molar refractivity (Wildman–Crippen MR) is 78.6 cm³/mol. The Morgan fingerprint density at radius 2 is 1.90 bits per heavy atom. The Morgan fingerprint density at radius 3 is 2.52 bits per heavy atom. The Kier molecular flexibility index (Phi) is 4.71. The highest BCUT2D eigenvalue weighted by Gasteiger charge is 2.13. The van der Waals surface area contributed by atoms with E-state index in [1.807, 2.05) is 30.3 Å². The summed E-state index contributed by atoms with van der Waals surface area (Å²) in [4.78, 5) is 23.6. The molecule has 2 aromatic rings. The second-order valence-electron chi connectivity index (χ2n) is 4.71. The van der Waals surface area contributed by atoms with Crippen LogP contribution in [-0.2, 0) is 18.4 Å². The smallest absolute Gasteiger partial charge is 0.255 e. The van der Waals surface area contributed by atoms with Crippen molar-refractivity contribution in [3.05, 3.63) is 53.3 Å². The number of carbonyl (C=O) groups excluding carboxylic acids is 2. The standard InChI is InChI=1S/C15H18N4O2/c1-11-13(9-18-19(11)2)15(21)17-10-14(20)16-8-12-6-4-3-5-7-12/h3-7,9H,8,10H2,1-2H3,(H,16,20)(H,17,21). The molecule has 0 atom stereocenters. The van der Waals surface area contributed by atoms with Crippen molar-refractivity contribution in [2.45, 2.75) is 13.5 Å². The van der Waals surface area contributed by atoms with E-state index < -0.39 is 0 Å². The topological polar surface area (TPSA) is 76.0 Å². The fourth-order valence-electron chi connectivity index (χ4n) is 1.84. The second kappa shape index (κ2) is 6.69. The average Bonchev–Trinajstić information content (AvgIpc) is 2.83. The van der Waals surface area contributed by atoms with Crippen LogP contribution in [0, 0.1) is 6.92 Å². The molecule has 0 saturated carbocycles. The van der Waals surface area contributed by atoms with Crippen LogP contribution >= 0.6 is 0 Å². The Bertz CT molecular complexity index is 634. The molecular weight excluding hydrogens is 268 g/mol. The summed E-state index contributed by atoms with van der Waals surface area (Å²) in [6.45, 7) is 2.19. The first-order valence-corrected chi connectivity index (χ1v) is 6.65. The molecule has 0 aliphatic heterocycles. The zero-order valence-electron chi connectivity index (χ0n) is 12.1. The molecule has 0 radical (unpaired) electrons. The average molecular weight is 286 g/mol. The maximum Gasteiger partial charge on any atom is 0.255 e. The van der Waals surface area contributed by atoms with Crippen LogP contribution in [0.5, 0.6) is 0 Å². The lowest BCUT2D eigenvalue weighted by atomic mass is 10.2. The molecule has 21 heavy (non-hydrogen) atoms. The number of nitrogens with one attached hydrogen (secondary N) is 2. The third kappa shape index (κ3) is 3.92. The molecule has 2 rings (SSSR count). The zero-order valence-corrected chi connectivity index (χ0v) is 12.1. The minimum absolute atomic E-state index is 0.0556. The van der Waals surface area contributed by atoms with E-state index in [0.717, 1.165) is 11.3 Å². The molecule has 110 valence electrons. The molecule has 0 unspecified atom stereocenters. The number of carbonyl (C=O) groups is 2. The summed E-state index contributed by atoms with van der Waals surface area (Å²) in [6, 6.07) is 9.60. The van der Waals surface area contributed by atoms with E-state index in [2.05, 4.69) is 15.7 Å². The molecule has 1 heterocycles. The lowest BCUT2D eigenvalue weighted by Crippen LogP contribution is -2.36. The van der Waals surface area contributed by atoms with Gasteiger partial charge in [-0.1, -0.05) is 30.3 Å². The zero-order chi connectivity index (χ0) is 15.2. The van der Waals surface area contributed by atoms with E-state index in [0.29, 0.717) is 12.1 Å². The van der Waals surface area contributed by atoms with Crippen LogP contribution in [0.3, 0.4) is 0 Å². The normalized spacial score (nSPS) is 10.2. The number of hydrogen-bond donors (Lipinski definition) is 2. The van der Waals surface area contributed by atoms with Crippen LogP contribution in [0.1, 0.15) is 21.6 Å². The minimum atomic E-state index is -0.296. The molecular formula is C15H18N4O2. The lowest BCUT2D eigenvalue weighted by molar-refractivity contribution is -0.120. The molecule has 2 amide bonds. The molecule has 6 nitrogen and oxygen atoms in total. The van der Waals surface area contributed by atoms with Gasteiger partial charge in [-0.2, -0.15) is 5.10 Å². The van der Waals surface area contributed by atoms with E-state index in [-0.39, 0.29) is 18.4 Å². The van der Waals surface area contributed by atoms with Crippen molar-refractivity contribution in [1.82, 2.24) is 20.4 Å². The number of aromatic nitrogens is 2. The summed E-state index contributed by atoms with van der Waals surface area (Å²) >= 11 is 0. The summed E-state index contributed by atoms with van der Waals surface area (Å²) in [6.07, 6.45) is 1.49. The minimum Gasteiger partial charge on any atom is -0.350 e. The third-order valence-corrected chi connectivity index (χ3v) is 3.22. The highest BCUT2D eigenvalue weighted by Crippen LogP contribution is 2.04. The van der Waals surface area contributed by atoms with Gasteiger partial charge in [-0.05, 0) is 12.5 Å². The number of benzene rings is 1. The van der Waals surface area contributed by atoms with Gasteiger partial charge in [-0.3, -0.25) is 14.3 Å². The number of amides is 2. The maximum atomic E-state index is 11.9. The summed E-state index contributed by atoms with van der Waals surface area (Å²) in [7, 11) is 1.76. The molecule has 0 bridgehead atoms. The first-order chi connectivity index (χ1) is 10.1. The highest BCUT2D eigenvalue weighted by molar-refractivity contribution is 5.97. The summed E-state index contributed by atoms with van der Waals surface area (Å²) < 4.78 is 1.62. The Labute approximate surface area is 123 Å². The van der Waals surface area contributed by atoms with Crippen molar-refractivity contribution in [2.75, 3.05) is 6.54 Å². The van der Waals surface area contributed by atoms with Gasteiger partial charge in [0.05, 0.1) is 18.3 Å². The summed E-state index contributed by atoms with van der Waals surface area (Å²) in [5, 5.41) is 9.33. The molecule has 1 aromatic heterocycles. The summed E-state index contributed by atoms with van der Waals surface area (Å²) in [5.74, 6) is -0.524. The fraction of sp³-hybridized carbons (Fsp3) is 0.267. The van der Waals surface area contributed by atoms with Gasteiger partial charge in [-0.25, -0.2) is 0 Å². The van der Waals surface area contributed by atoms with Crippen molar-refractivity contribution in [3.8, 4) is 0 Å². The number of aryl methyl sites for hydroxylation is 1. The van der Waals surface area contributed by atoms with Gasteiger partial charge < -0.3 is 10.6 Å².